The zero-order valence-electron chi connectivity index (χ0n) is 5.20. The van der Waals surface area contributed by atoms with Gasteiger partial charge < -0.3 is 11.5 Å². The van der Waals surface area contributed by atoms with Gasteiger partial charge in [-0.15, -0.1) is 25.3 Å². The second-order valence-corrected chi connectivity index (χ2v) is 2.93. The van der Waals surface area contributed by atoms with Crippen LogP contribution in [0, 0.1) is 0 Å². The van der Waals surface area contributed by atoms with E-state index in [4.69, 9.17) is 11.5 Å². The van der Waals surface area contributed by atoms with E-state index in [0.717, 1.165) is 0 Å². The summed E-state index contributed by atoms with van der Waals surface area (Å²) in [4.78, 5) is 1.38. The maximum absolute atomic E-state index is 5.51. The van der Waals surface area contributed by atoms with E-state index in [1.807, 2.05) is 0 Å². The van der Waals surface area contributed by atoms with Crippen LogP contribution >= 0.6 is 25.3 Å². The summed E-state index contributed by atoms with van der Waals surface area (Å²) in [5.41, 5.74) is 12.2. The van der Waals surface area contributed by atoms with Crippen LogP contribution in [0.4, 0.5) is 11.4 Å². The Hall–Kier alpha value is -0.480. The lowest BCUT2D eigenvalue weighted by atomic mass is 10.3. The second kappa shape index (κ2) is 2.64. The van der Waals surface area contributed by atoms with Crippen molar-refractivity contribution in [2.45, 2.75) is 9.79 Å². The Labute approximate surface area is 70.4 Å². The Balaban J connectivity index is 3.28. The quantitative estimate of drug-likeness (QED) is 0.353. The Morgan fingerprint density at radius 3 is 1.50 bits per heavy atom. The second-order valence-electron chi connectivity index (χ2n) is 1.97. The molecule has 0 fully saturated rings. The first-order valence-electron chi connectivity index (χ1n) is 2.68. The molecule has 1 aromatic carbocycles. The fraction of sp³-hybridized carbons (Fsp3) is 0. The zero-order valence-corrected chi connectivity index (χ0v) is 6.99. The molecule has 0 radical (unpaired) electrons. The van der Waals surface area contributed by atoms with E-state index in [1.54, 1.807) is 12.1 Å². The number of hydrogen-bond donors (Lipinski definition) is 4. The van der Waals surface area contributed by atoms with E-state index in [9.17, 15) is 0 Å². The maximum atomic E-state index is 5.51. The number of rotatable bonds is 0. The van der Waals surface area contributed by atoms with Crippen LogP contribution in [0.2, 0.25) is 0 Å². The van der Waals surface area contributed by atoms with Gasteiger partial charge in [0.1, 0.15) is 0 Å². The van der Waals surface area contributed by atoms with Gasteiger partial charge in [0.15, 0.2) is 0 Å². The third kappa shape index (κ3) is 1.33. The molecule has 4 N–H and O–H groups in total. The van der Waals surface area contributed by atoms with Crippen LogP contribution in [0.5, 0.6) is 0 Å². The Bertz CT molecular complexity index is 210. The third-order valence-corrected chi connectivity index (χ3v) is 1.95. The van der Waals surface area contributed by atoms with Gasteiger partial charge in [-0.2, -0.15) is 0 Å². The number of nitrogen functional groups attached to an aromatic ring is 2. The fourth-order valence-corrected chi connectivity index (χ4v) is 1.02. The summed E-state index contributed by atoms with van der Waals surface area (Å²) < 4.78 is 0. The normalized spacial score (nSPS) is 9.80. The molecule has 0 aliphatic carbocycles. The van der Waals surface area contributed by atoms with Crippen molar-refractivity contribution in [2.24, 2.45) is 0 Å². The monoisotopic (exact) mass is 172 g/mol. The lowest BCUT2D eigenvalue weighted by Crippen LogP contribution is -1.91. The van der Waals surface area contributed by atoms with Crippen molar-refractivity contribution >= 4 is 36.6 Å². The van der Waals surface area contributed by atoms with Crippen LogP contribution in [0.25, 0.3) is 0 Å². The highest BCUT2D eigenvalue weighted by Crippen LogP contribution is 2.25. The molecule has 0 saturated carbocycles. The van der Waals surface area contributed by atoms with Crippen molar-refractivity contribution in [3.05, 3.63) is 12.1 Å². The maximum Gasteiger partial charge on any atom is 0.0462 e. The molecule has 4 heteroatoms. The molecule has 0 bridgehead atoms. The summed E-state index contributed by atoms with van der Waals surface area (Å²) in [7, 11) is 0. The molecule has 0 aliphatic heterocycles. The lowest BCUT2D eigenvalue weighted by Gasteiger charge is -2.02. The molecule has 0 amide bonds. The van der Waals surface area contributed by atoms with Gasteiger partial charge in [-0.3, -0.25) is 0 Å². The van der Waals surface area contributed by atoms with Gasteiger partial charge in [0.2, 0.25) is 0 Å². The molecule has 0 atom stereocenters. The molecule has 0 saturated heterocycles. The van der Waals surface area contributed by atoms with Crippen LogP contribution in [0.15, 0.2) is 21.9 Å². The van der Waals surface area contributed by atoms with Gasteiger partial charge in [-0.25, -0.2) is 0 Å². The molecular weight excluding hydrogens is 164 g/mol. The summed E-state index contributed by atoms with van der Waals surface area (Å²) >= 11 is 8.15. The van der Waals surface area contributed by atoms with Crippen LogP contribution in [-0.2, 0) is 0 Å². The van der Waals surface area contributed by atoms with Crippen molar-refractivity contribution in [1.29, 1.82) is 0 Å². The van der Waals surface area contributed by atoms with E-state index < -0.39 is 0 Å². The molecule has 10 heavy (non-hydrogen) atoms. The van der Waals surface area contributed by atoms with Crippen LogP contribution in [0.1, 0.15) is 0 Å². The Morgan fingerprint density at radius 1 is 0.900 bits per heavy atom. The molecule has 0 aromatic heterocycles. The van der Waals surface area contributed by atoms with E-state index in [2.05, 4.69) is 25.3 Å². The van der Waals surface area contributed by atoms with Gasteiger partial charge in [0.25, 0.3) is 0 Å². The number of hydrogen-bond acceptors (Lipinski definition) is 4. The predicted molar refractivity (Wildman–Crippen MR) is 49.8 cm³/mol. The van der Waals surface area contributed by atoms with E-state index >= 15 is 0 Å². The predicted octanol–water partition coefficient (Wildman–Crippen LogP) is 1.43. The van der Waals surface area contributed by atoms with Gasteiger partial charge in [0, 0.05) is 21.2 Å². The van der Waals surface area contributed by atoms with Gasteiger partial charge in [-0.05, 0) is 12.1 Å². The van der Waals surface area contributed by atoms with E-state index in [1.165, 1.54) is 0 Å². The first kappa shape index (κ1) is 7.63. The molecule has 0 aliphatic rings. The Kier molecular flexibility index (Phi) is 2.01. The molecule has 54 valence electrons. The summed E-state index contributed by atoms with van der Waals surface area (Å²) in [6, 6.07) is 3.36. The molecule has 1 rings (SSSR count). The zero-order chi connectivity index (χ0) is 7.72. The average Bonchev–Trinajstić information content (AvgIpc) is 1.84. The largest absolute Gasteiger partial charge is 0.398 e. The van der Waals surface area contributed by atoms with Crippen molar-refractivity contribution in [3.8, 4) is 0 Å². The van der Waals surface area contributed by atoms with Crippen LogP contribution in [-0.4, -0.2) is 0 Å². The number of benzene rings is 1. The minimum absolute atomic E-state index is 0.600. The molecule has 1 aromatic rings. The average molecular weight is 172 g/mol. The van der Waals surface area contributed by atoms with E-state index in [-0.39, 0.29) is 0 Å². The summed E-state index contributed by atoms with van der Waals surface area (Å²) in [5, 5.41) is 0. The van der Waals surface area contributed by atoms with Crippen molar-refractivity contribution in [3.63, 3.8) is 0 Å². The minimum atomic E-state index is 0.600. The summed E-state index contributed by atoms with van der Waals surface area (Å²) in [6.45, 7) is 0. The third-order valence-electron chi connectivity index (χ3n) is 1.18. The molecule has 0 spiro atoms. The highest BCUT2D eigenvalue weighted by molar-refractivity contribution is 7.81. The topological polar surface area (TPSA) is 52.0 Å². The van der Waals surface area contributed by atoms with Gasteiger partial charge >= 0.3 is 0 Å². The van der Waals surface area contributed by atoms with Crippen LogP contribution in [0.3, 0.4) is 0 Å². The fourth-order valence-electron chi connectivity index (χ4n) is 0.609. The first-order chi connectivity index (χ1) is 4.61. The molecule has 0 heterocycles. The summed E-state index contributed by atoms with van der Waals surface area (Å²) in [6.07, 6.45) is 0. The van der Waals surface area contributed by atoms with Crippen molar-refractivity contribution in [1.82, 2.24) is 0 Å². The molecule has 0 unspecified atom stereocenters. The molecule has 2 nitrogen and oxygen atoms in total. The molecular formula is C6H8N2S2. The first-order valence-corrected chi connectivity index (χ1v) is 3.57. The van der Waals surface area contributed by atoms with Crippen molar-refractivity contribution in [2.75, 3.05) is 11.5 Å². The lowest BCUT2D eigenvalue weighted by molar-refractivity contribution is 1.38. The SMILES string of the molecule is Nc1cc(S)c(N)cc1S. The minimum Gasteiger partial charge on any atom is -0.398 e. The number of thiol groups is 2. The van der Waals surface area contributed by atoms with Crippen LogP contribution < -0.4 is 11.5 Å². The number of anilines is 2. The smallest absolute Gasteiger partial charge is 0.0462 e. The van der Waals surface area contributed by atoms with Gasteiger partial charge in [0.05, 0.1) is 0 Å². The number of nitrogens with two attached hydrogens (primary N) is 2. The van der Waals surface area contributed by atoms with E-state index in [0.29, 0.717) is 21.2 Å². The Morgan fingerprint density at radius 2 is 1.20 bits per heavy atom. The van der Waals surface area contributed by atoms with Crippen molar-refractivity contribution < 1.29 is 0 Å². The highest BCUT2D eigenvalue weighted by atomic mass is 32.1. The standard InChI is InChI=1S/C6H8N2S2/c7-3-1-5(9)4(8)2-6(3)10/h1-2,9-10H,7-8H2. The van der Waals surface area contributed by atoms with Gasteiger partial charge in [-0.1, -0.05) is 0 Å². The summed E-state index contributed by atoms with van der Waals surface area (Å²) in [5.74, 6) is 0. The highest BCUT2D eigenvalue weighted by Gasteiger charge is 1.98.